The highest BCUT2D eigenvalue weighted by Gasteiger charge is 2.10. The van der Waals surface area contributed by atoms with Crippen LogP contribution in [0.2, 0.25) is 0 Å². The molecule has 0 amide bonds. The van der Waals surface area contributed by atoms with Gasteiger partial charge in [0.2, 0.25) is 0 Å². The van der Waals surface area contributed by atoms with Gasteiger partial charge < -0.3 is 4.74 Å². The third-order valence-electron chi connectivity index (χ3n) is 3.99. The minimum absolute atomic E-state index is 0.325. The topological polar surface area (TPSA) is 56.5 Å². The van der Waals surface area contributed by atoms with Gasteiger partial charge in [-0.05, 0) is 41.3 Å². The fraction of sp³-hybridized carbons (Fsp3) is 0.105. The number of carbonyl (C=O) groups excluding carboxylic acids is 1. The Labute approximate surface area is 148 Å². The lowest BCUT2D eigenvalue weighted by molar-refractivity contribution is 0.0600. The van der Waals surface area contributed by atoms with E-state index in [9.17, 15) is 4.79 Å². The van der Waals surface area contributed by atoms with E-state index in [1.807, 2.05) is 30.3 Å². The number of hydrogen-bond donors (Lipinski definition) is 0. The summed E-state index contributed by atoms with van der Waals surface area (Å²) in [6.45, 7) is 0. The molecule has 25 heavy (non-hydrogen) atoms. The number of thioether (sulfide) groups is 1. The maximum absolute atomic E-state index is 11.5. The molecule has 4 aromatic rings. The zero-order valence-corrected chi connectivity index (χ0v) is 14.4. The standard InChI is InChI=1S/C19H15N3O2S/c1-24-18(23)15-8-6-13(7-9-15)12-25-19-21-20-17-11-10-14-4-2-3-5-16(14)22(17)19/h2-11H,12H2,1H3. The second-order valence-corrected chi connectivity index (χ2v) is 6.49. The third kappa shape index (κ3) is 2.96. The lowest BCUT2D eigenvalue weighted by atomic mass is 10.1. The lowest BCUT2D eigenvalue weighted by Gasteiger charge is -2.05. The average molecular weight is 349 g/mol. The van der Waals surface area contributed by atoms with Crippen LogP contribution in [-0.2, 0) is 10.5 Å². The van der Waals surface area contributed by atoms with Crippen LogP contribution in [0.15, 0.2) is 65.8 Å². The molecule has 2 aromatic heterocycles. The minimum atomic E-state index is -0.325. The van der Waals surface area contributed by atoms with Crippen LogP contribution in [0.5, 0.6) is 0 Å². The van der Waals surface area contributed by atoms with Crippen LogP contribution >= 0.6 is 11.8 Å². The Hall–Kier alpha value is -2.86. The first-order valence-corrected chi connectivity index (χ1v) is 8.78. The van der Waals surface area contributed by atoms with Crippen molar-refractivity contribution in [2.45, 2.75) is 10.9 Å². The summed E-state index contributed by atoms with van der Waals surface area (Å²) in [6, 6.07) is 19.6. The molecular weight excluding hydrogens is 334 g/mol. The van der Waals surface area contributed by atoms with Crippen LogP contribution in [0.25, 0.3) is 16.6 Å². The van der Waals surface area contributed by atoms with E-state index in [-0.39, 0.29) is 5.97 Å². The van der Waals surface area contributed by atoms with Crippen molar-refractivity contribution in [2.75, 3.05) is 7.11 Å². The Bertz CT molecular complexity index is 1060. The van der Waals surface area contributed by atoms with Crippen LogP contribution in [0.3, 0.4) is 0 Å². The maximum atomic E-state index is 11.5. The van der Waals surface area contributed by atoms with E-state index < -0.39 is 0 Å². The van der Waals surface area contributed by atoms with Gasteiger partial charge in [-0.25, -0.2) is 4.79 Å². The van der Waals surface area contributed by atoms with Gasteiger partial charge in [-0.2, -0.15) is 0 Å². The Morgan fingerprint density at radius 3 is 2.64 bits per heavy atom. The van der Waals surface area contributed by atoms with E-state index in [0.717, 1.165) is 33.0 Å². The summed E-state index contributed by atoms with van der Waals surface area (Å²) in [4.78, 5) is 11.5. The summed E-state index contributed by atoms with van der Waals surface area (Å²) in [7, 11) is 1.38. The van der Waals surface area contributed by atoms with Gasteiger partial charge in [0.05, 0.1) is 18.2 Å². The summed E-state index contributed by atoms with van der Waals surface area (Å²) < 4.78 is 6.79. The summed E-state index contributed by atoms with van der Waals surface area (Å²) >= 11 is 1.62. The molecule has 0 aliphatic carbocycles. The molecule has 0 aliphatic heterocycles. The number of hydrogen-bond acceptors (Lipinski definition) is 5. The molecule has 0 spiro atoms. The highest BCUT2D eigenvalue weighted by molar-refractivity contribution is 7.98. The first-order valence-electron chi connectivity index (χ1n) is 7.79. The number of pyridine rings is 1. The molecule has 124 valence electrons. The van der Waals surface area contributed by atoms with Gasteiger partial charge in [0, 0.05) is 5.75 Å². The van der Waals surface area contributed by atoms with Crippen LogP contribution in [-0.4, -0.2) is 27.7 Å². The molecule has 6 heteroatoms. The summed E-state index contributed by atoms with van der Waals surface area (Å²) in [5.41, 5.74) is 3.58. The van der Waals surface area contributed by atoms with Gasteiger partial charge in [0.15, 0.2) is 10.8 Å². The molecule has 0 aliphatic rings. The molecule has 4 rings (SSSR count). The van der Waals surface area contributed by atoms with Gasteiger partial charge in [-0.15, -0.1) is 10.2 Å². The molecule has 0 bridgehead atoms. The SMILES string of the molecule is COC(=O)c1ccc(CSc2nnc3ccc4ccccc4n23)cc1. The summed E-state index contributed by atoms with van der Waals surface area (Å²) in [6.07, 6.45) is 0. The van der Waals surface area contributed by atoms with Gasteiger partial charge in [0.1, 0.15) is 0 Å². The predicted octanol–water partition coefficient (Wildman–Crippen LogP) is 3.96. The molecule has 0 unspecified atom stereocenters. The second kappa shape index (κ2) is 6.57. The van der Waals surface area contributed by atoms with E-state index in [1.165, 1.54) is 7.11 Å². The van der Waals surface area contributed by atoms with Crippen molar-refractivity contribution < 1.29 is 9.53 Å². The molecule has 0 saturated carbocycles. The van der Waals surface area contributed by atoms with Crippen molar-refractivity contribution in [1.29, 1.82) is 0 Å². The summed E-state index contributed by atoms with van der Waals surface area (Å²) in [5, 5.41) is 10.6. The zero-order chi connectivity index (χ0) is 17.2. The van der Waals surface area contributed by atoms with Crippen LogP contribution in [0, 0.1) is 0 Å². The van der Waals surface area contributed by atoms with Crippen LogP contribution in [0.1, 0.15) is 15.9 Å². The monoisotopic (exact) mass is 349 g/mol. The highest BCUT2D eigenvalue weighted by atomic mass is 32.2. The van der Waals surface area contributed by atoms with Crippen molar-refractivity contribution >= 4 is 34.3 Å². The Morgan fingerprint density at radius 1 is 1.04 bits per heavy atom. The number of para-hydroxylation sites is 1. The number of aromatic nitrogens is 3. The molecule has 2 aromatic carbocycles. The molecule has 0 saturated heterocycles. The minimum Gasteiger partial charge on any atom is -0.465 e. The Balaban J connectivity index is 1.61. The molecule has 0 radical (unpaired) electrons. The number of ether oxygens (including phenoxy) is 1. The number of carbonyl (C=O) groups is 1. The van der Waals surface area contributed by atoms with Crippen molar-refractivity contribution in [3.63, 3.8) is 0 Å². The van der Waals surface area contributed by atoms with Crippen molar-refractivity contribution in [3.8, 4) is 0 Å². The van der Waals surface area contributed by atoms with Crippen molar-refractivity contribution in [2.24, 2.45) is 0 Å². The zero-order valence-electron chi connectivity index (χ0n) is 13.5. The van der Waals surface area contributed by atoms with E-state index in [2.05, 4.69) is 32.8 Å². The Morgan fingerprint density at radius 2 is 1.84 bits per heavy atom. The Kier molecular flexibility index (Phi) is 4.11. The third-order valence-corrected chi connectivity index (χ3v) is 4.99. The van der Waals surface area contributed by atoms with Gasteiger partial charge in [-0.1, -0.05) is 42.1 Å². The van der Waals surface area contributed by atoms with E-state index in [0.29, 0.717) is 5.56 Å². The smallest absolute Gasteiger partial charge is 0.337 e. The first-order chi connectivity index (χ1) is 12.3. The average Bonchev–Trinajstić information content (AvgIpc) is 3.10. The molecule has 0 N–H and O–H groups in total. The number of esters is 1. The maximum Gasteiger partial charge on any atom is 0.337 e. The molecule has 0 atom stereocenters. The number of nitrogens with zero attached hydrogens (tertiary/aromatic N) is 3. The lowest BCUT2D eigenvalue weighted by Crippen LogP contribution is -2.00. The normalized spacial score (nSPS) is 11.1. The van der Waals surface area contributed by atoms with Gasteiger partial charge in [-0.3, -0.25) is 4.40 Å². The number of benzene rings is 2. The fourth-order valence-corrected chi connectivity index (χ4v) is 3.62. The van der Waals surface area contributed by atoms with Crippen LogP contribution in [0.4, 0.5) is 0 Å². The van der Waals surface area contributed by atoms with Crippen LogP contribution < -0.4 is 0 Å². The van der Waals surface area contributed by atoms with E-state index in [4.69, 9.17) is 4.74 Å². The first kappa shape index (κ1) is 15.7. The molecule has 2 heterocycles. The van der Waals surface area contributed by atoms with E-state index in [1.54, 1.807) is 23.9 Å². The quantitative estimate of drug-likeness (QED) is 0.412. The molecule has 5 nitrogen and oxygen atoms in total. The highest BCUT2D eigenvalue weighted by Crippen LogP contribution is 2.25. The fourth-order valence-electron chi connectivity index (χ4n) is 2.71. The largest absolute Gasteiger partial charge is 0.465 e. The second-order valence-electron chi connectivity index (χ2n) is 5.55. The number of methoxy groups -OCH3 is 1. The number of rotatable bonds is 4. The van der Waals surface area contributed by atoms with Gasteiger partial charge in [0.25, 0.3) is 0 Å². The van der Waals surface area contributed by atoms with Gasteiger partial charge >= 0.3 is 5.97 Å². The number of fused-ring (bicyclic) bond motifs is 3. The summed E-state index contributed by atoms with van der Waals surface area (Å²) in [5.74, 6) is 0.417. The molecule has 0 fully saturated rings. The van der Waals surface area contributed by atoms with Crippen molar-refractivity contribution in [3.05, 3.63) is 71.8 Å². The molecular formula is C19H15N3O2S. The van der Waals surface area contributed by atoms with E-state index >= 15 is 0 Å². The van der Waals surface area contributed by atoms with Crippen molar-refractivity contribution in [1.82, 2.24) is 14.6 Å². The predicted molar refractivity (Wildman–Crippen MR) is 97.8 cm³/mol.